The normalized spacial score (nSPS) is 11.8. The molecule has 1 aromatic carbocycles. The summed E-state index contributed by atoms with van der Waals surface area (Å²) in [7, 11) is 1.70. The van der Waals surface area contributed by atoms with Crippen LogP contribution in [0.15, 0.2) is 45.9 Å². The number of carbonyl (C=O) groups excluding carboxylic acids is 1. The minimum atomic E-state index is -0.490. The van der Waals surface area contributed by atoms with Gasteiger partial charge in [0.1, 0.15) is 11.3 Å². The summed E-state index contributed by atoms with van der Waals surface area (Å²) in [6.45, 7) is 7.17. The molecule has 28 heavy (non-hydrogen) atoms. The quantitative estimate of drug-likeness (QED) is 0.384. The first-order valence-corrected chi connectivity index (χ1v) is 9.30. The Hall–Kier alpha value is -3.03. The molecule has 0 fully saturated rings. The van der Waals surface area contributed by atoms with Crippen LogP contribution in [0.25, 0.3) is 11.3 Å². The van der Waals surface area contributed by atoms with Crippen LogP contribution in [0.2, 0.25) is 0 Å². The van der Waals surface area contributed by atoms with Crippen LogP contribution in [-0.2, 0) is 11.3 Å². The largest absolute Gasteiger partial charge is 0.444 e. The fraction of sp³-hybridized carbons (Fsp3) is 0.450. The Morgan fingerprint density at radius 2 is 1.86 bits per heavy atom. The molecule has 2 rings (SSSR count). The van der Waals surface area contributed by atoms with Crippen LogP contribution in [-0.4, -0.2) is 42.9 Å². The molecule has 1 heterocycles. The highest BCUT2D eigenvalue weighted by atomic mass is 16.6. The van der Waals surface area contributed by atoms with Gasteiger partial charge in [0.2, 0.25) is 0 Å². The summed E-state index contributed by atoms with van der Waals surface area (Å²) >= 11 is 0. The third-order valence-corrected chi connectivity index (χ3v) is 3.59. The van der Waals surface area contributed by atoms with Crippen LogP contribution in [0.1, 0.15) is 32.9 Å². The number of benzene rings is 1. The van der Waals surface area contributed by atoms with Crippen molar-refractivity contribution in [2.45, 2.75) is 39.3 Å². The molecule has 0 unspecified atom stereocenters. The van der Waals surface area contributed by atoms with E-state index in [0.717, 1.165) is 23.4 Å². The maximum Gasteiger partial charge on any atom is 0.407 e. The molecule has 0 atom stereocenters. The zero-order valence-electron chi connectivity index (χ0n) is 16.9. The van der Waals surface area contributed by atoms with E-state index in [-0.39, 0.29) is 0 Å². The van der Waals surface area contributed by atoms with Crippen molar-refractivity contribution in [1.29, 1.82) is 0 Å². The average Bonchev–Trinajstić information content (AvgIpc) is 3.12. The maximum absolute atomic E-state index is 11.6. The Labute approximate surface area is 165 Å². The van der Waals surface area contributed by atoms with E-state index in [1.165, 1.54) is 0 Å². The predicted molar refractivity (Wildman–Crippen MR) is 109 cm³/mol. The smallest absolute Gasteiger partial charge is 0.407 e. The standard InChI is InChI=1S/C20H29N5O3/c1-20(2,3)27-19(26)23-12-8-11-22-18(21-4)24-14-16-13-17(28-25-16)15-9-6-5-7-10-15/h5-7,9-10,13H,8,11-12,14H2,1-4H3,(H,23,26)(H2,21,22,24). The lowest BCUT2D eigenvalue weighted by Gasteiger charge is -2.19. The number of aliphatic imine (C=N–C) groups is 1. The molecule has 8 nitrogen and oxygen atoms in total. The lowest BCUT2D eigenvalue weighted by Crippen LogP contribution is -2.39. The van der Waals surface area contributed by atoms with E-state index in [0.29, 0.717) is 25.6 Å². The first-order chi connectivity index (χ1) is 13.4. The molecule has 0 aliphatic carbocycles. The van der Waals surface area contributed by atoms with Gasteiger partial charge in [-0.25, -0.2) is 4.79 Å². The number of guanidine groups is 1. The predicted octanol–water partition coefficient (Wildman–Crippen LogP) is 2.92. The van der Waals surface area contributed by atoms with Gasteiger partial charge in [-0.2, -0.15) is 0 Å². The Bertz CT molecular complexity index is 766. The van der Waals surface area contributed by atoms with E-state index in [1.54, 1.807) is 7.05 Å². The van der Waals surface area contributed by atoms with Crippen molar-refractivity contribution < 1.29 is 14.1 Å². The van der Waals surface area contributed by atoms with Gasteiger partial charge >= 0.3 is 6.09 Å². The van der Waals surface area contributed by atoms with Gasteiger partial charge in [-0.15, -0.1) is 0 Å². The van der Waals surface area contributed by atoms with Gasteiger partial charge < -0.3 is 25.2 Å². The number of carbonyl (C=O) groups is 1. The summed E-state index contributed by atoms with van der Waals surface area (Å²) in [6, 6.07) is 11.7. The fourth-order valence-electron chi connectivity index (χ4n) is 2.33. The molecule has 1 aromatic heterocycles. The first-order valence-electron chi connectivity index (χ1n) is 9.30. The summed E-state index contributed by atoms with van der Waals surface area (Å²) < 4.78 is 10.6. The molecule has 0 aliphatic rings. The number of nitrogens with zero attached hydrogens (tertiary/aromatic N) is 2. The van der Waals surface area contributed by atoms with Gasteiger partial charge in [0, 0.05) is 31.8 Å². The number of ether oxygens (including phenoxy) is 1. The fourth-order valence-corrected chi connectivity index (χ4v) is 2.33. The van der Waals surface area contributed by atoms with Gasteiger partial charge in [-0.1, -0.05) is 35.5 Å². The van der Waals surface area contributed by atoms with Crippen LogP contribution in [0.5, 0.6) is 0 Å². The number of hydrogen-bond donors (Lipinski definition) is 3. The number of rotatable bonds is 7. The molecule has 0 aliphatic heterocycles. The molecular weight excluding hydrogens is 358 g/mol. The van der Waals surface area contributed by atoms with E-state index < -0.39 is 11.7 Å². The number of nitrogens with one attached hydrogen (secondary N) is 3. The Balaban J connectivity index is 1.67. The zero-order valence-corrected chi connectivity index (χ0v) is 16.9. The van der Waals surface area contributed by atoms with Crippen LogP contribution < -0.4 is 16.0 Å². The zero-order chi connectivity index (χ0) is 20.4. The minimum Gasteiger partial charge on any atom is -0.444 e. The summed E-state index contributed by atoms with van der Waals surface area (Å²) in [4.78, 5) is 15.7. The summed E-state index contributed by atoms with van der Waals surface area (Å²) in [6.07, 6.45) is 0.331. The molecule has 0 spiro atoms. The monoisotopic (exact) mass is 387 g/mol. The Kier molecular flexibility index (Phi) is 7.86. The lowest BCUT2D eigenvalue weighted by molar-refractivity contribution is 0.0527. The molecule has 8 heteroatoms. The molecule has 0 bridgehead atoms. The highest BCUT2D eigenvalue weighted by Crippen LogP contribution is 2.19. The van der Waals surface area contributed by atoms with Crippen molar-refractivity contribution in [2.75, 3.05) is 20.1 Å². The molecular formula is C20H29N5O3. The van der Waals surface area contributed by atoms with Crippen molar-refractivity contribution in [1.82, 2.24) is 21.1 Å². The van der Waals surface area contributed by atoms with Gasteiger partial charge in [0.25, 0.3) is 0 Å². The van der Waals surface area contributed by atoms with E-state index >= 15 is 0 Å². The highest BCUT2D eigenvalue weighted by Gasteiger charge is 2.15. The first kappa shape index (κ1) is 21.3. The maximum atomic E-state index is 11.6. The van der Waals surface area contributed by atoms with E-state index in [9.17, 15) is 4.79 Å². The van der Waals surface area contributed by atoms with Crippen LogP contribution in [0, 0.1) is 0 Å². The number of hydrogen-bond acceptors (Lipinski definition) is 5. The molecule has 3 N–H and O–H groups in total. The SMILES string of the molecule is CN=C(NCCCNC(=O)OC(C)(C)C)NCc1cc(-c2ccccc2)on1. The minimum absolute atomic E-state index is 0.407. The second kappa shape index (κ2) is 10.3. The molecule has 152 valence electrons. The van der Waals surface area contributed by atoms with E-state index in [1.807, 2.05) is 57.2 Å². The van der Waals surface area contributed by atoms with Gasteiger partial charge in [-0.3, -0.25) is 4.99 Å². The topological polar surface area (TPSA) is 101 Å². The van der Waals surface area contributed by atoms with E-state index in [2.05, 4.69) is 26.1 Å². The molecule has 2 aromatic rings. The van der Waals surface area contributed by atoms with Crippen molar-refractivity contribution in [3.8, 4) is 11.3 Å². The van der Waals surface area contributed by atoms with Crippen LogP contribution >= 0.6 is 0 Å². The van der Waals surface area contributed by atoms with Crippen molar-refractivity contribution in [3.05, 3.63) is 42.1 Å². The number of alkyl carbamates (subject to hydrolysis) is 1. The van der Waals surface area contributed by atoms with E-state index in [4.69, 9.17) is 9.26 Å². The third kappa shape index (κ3) is 7.69. The van der Waals surface area contributed by atoms with Crippen molar-refractivity contribution in [3.63, 3.8) is 0 Å². The molecule has 0 radical (unpaired) electrons. The molecule has 0 saturated heterocycles. The summed E-state index contributed by atoms with van der Waals surface area (Å²) in [5.41, 5.74) is 1.28. The summed E-state index contributed by atoms with van der Waals surface area (Å²) in [5.74, 6) is 1.38. The Morgan fingerprint density at radius 1 is 1.14 bits per heavy atom. The highest BCUT2D eigenvalue weighted by molar-refractivity contribution is 5.79. The second-order valence-corrected chi connectivity index (χ2v) is 7.18. The number of aromatic nitrogens is 1. The Morgan fingerprint density at radius 3 is 2.54 bits per heavy atom. The van der Waals surface area contributed by atoms with Gasteiger partial charge in [-0.05, 0) is 27.2 Å². The van der Waals surface area contributed by atoms with Crippen LogP contribution in [0.3, 0.4) is 0 Å². The number of amides is 1. The molecule has 0 saturated carbocycles. The third-order valence-electron chi connectivity index (χ3n) is 3.59. The van der Waals surface area contributed by atoms with Gasteiger partial charge in [0.05, 0.1) is 6.54 Å². The summed E-state index contributed by atoms with van der Waals surface area (Å²) in [5, 5.41) is 13.2. The van der Waals surface area contributed by atoms with Crippen molar-refractivity contribution >= 4 is 12.1 Å². The molecule has 1 amide bonds. The lowest BCUT2D eigenvalue weighted by atomic mass is 10.2. The van der Waals surface area contributed by atoms with Crippen LogP contribution in [0.4, 0.5) is 4.79 Å². The van der Waals surface area contributed by atoms with Crippen molar-refractivity contribution in [2.24, 2.45) is 4.99 Å². The van der Waals surface area contributed by atoms with Gasteiger partial charge in [0.15, 0.2) is 11.7 Å². The second-order valence-electron chi connectivity index (χ2n) is 7.18. The average molecular weight is 387 g/mol.